The van der Waals surface area contributed by atoms with Gasteiger partial charge in [0, 0.05) is 11.7 Å². The van der Waals surface area contributed by atoms with Crippen LogP contribution in [0.3, 0.4) is 0 Å². The second-order valence-corrected chi connectivity index (χ2v) is 7.83. The lowest BCUT2D eigenvalue weighted by Gasteiger charge is -2.27. The van der Waals surface area contributed by atoms with E-state index in [2.05, 4.69) is 22.8 Å². The van der Waals surface area contributed by atoms with Gasteiger partial charge in [0.15, 0.2) is 0 Å². The molecule has 0 unspecified atom stereocenters. The van der Waals surface area contributed by atoms with E-state index in [0.29, 0.717) is 0 Å². The van der Waals surface area contributed by atoms with Crippen molar-refractivity contribution in [3.05, 3.63) is 64.7 Å². The highest BCUT2D eigenvalue weighted by molar-refractivity contribution is 5.94. The Kier molecular flexibility index (Phi) is 6.15. The van der Waals surface area contributed by atoms with E-state index >= 15 is 0 Å². The van der Waals surface area contributed by atoms with Gasteiger partial charge >= 0.3 is 0 Å². The fourth-order valence-electron chi connectivity index (χ4n) is 3.62. The number of aryl methyl sites for hydroxylation is 3. The standard InChI is InChI=1S/C23H29N3O2/c1-15-12-16(2)21(17(3)13-15)25-20(27)14-26(4)22(18-8-6-5-7-9-18)23(28)24-19-10-11-19/h5-9,12-13,19,22H,10-11,14H2,1-4H3,(H,24,28)(H,25,27)/t22-/m1/s1. The maximum absolute atomic E-state index is 12.8. The van der Waals surface area contributed by atoms with E-state index < -0.39 is 6.04 Å². The van der Waals surface area contributed by atoms with Gasteiger partial charge in [-0.25, -0.2) is 0 Å². The van der Waals surface area contributed by atoms with Gasteiger partial charge in [-0.1, -0.05) is 48.0 Å². The molecule has 0 aliphatic heterocycles. The number of nitrogens with one attached hydrogen (secondary N) is 2. The molecule has 28 heavy (non-hydrogen) atoms. The Labute approximate surface area is 167 Å². The molecular weight excluding hydrogens is 350 g/mol. The van der Waals surface area contributed by atoms with Gasteiger partial charge in [0.2, 0.25) is 11.8 Å². The SMILES string of the molecule is Cc1cc(C)c(NC(=O)CN(C)[C@@H](C(=O)NC2CC2)c2ccccc2)c(C)c1. The molecule has 2 aromatic rings. The van der Waals surface area contributed by atoms with Crippen LogP contribution in [0.15, 0.2) is 42.5 Å². The number of nitrogens with zero attached hydrogens (tertiary/aromatic N) is 1. The van der Waals surface area contributed by atoms with Crippen LogP contribution in [-0.2, 0) is 9.59 Å². The fraction of sp³-hybridized carbons (Fsp3) is 0.391. The van der Waals surface area contributed by atoms with Gasteiger partial charge in [-0.05, 0) is 57.4 Å². The van der Waals surface area contributed by atoms with Crippen LogP contribution in [0.2, 0.25) is 0 Å². The van der Waals surface area contributed by atoms with Crippen molar-refractivity contribution in [2.45, 2.75) is 45.7 Å². The Balaban J connectivity index is 1.73. The Hall–Kier alpha value is -2.66. The van der Waals surface area contributed by atoms with E-state index in [9.17, 15) is 9.59 Å². The van der Waals surface area contributed by atoms with Crippen LogP contribution in [-0.4, -0.2) is 36.3 Å². The number of rotatable bonds is 7. The smallest absolute Gasteiger partial charge is 0.242 e. The molecule has 0 spiro atoms. The number of likely N-dealkylation sites (N-methyl/N-ethyl adjacent to an activating group) is 1. The molecule has 1 atom stereocenters. The first-order chi connectivity index (χ1) is 13.3. The lowest BCUT2D eigenvalue weighted by molar-refractivity contribution is -0.127. The second-order valence-electron chi connectivity index (χ2n) is 7.83. The first kappa shape index (κ1) is 20.1. The monoisotopic (exact) mass is 379 g/mol. The molecule has 148 valence electrons. The Morgan fingerprint density at radius 1 is 1.07 bits per heavy atom. The summed E-state index contributed by atoms with van der Waals surface area (Å²) < 4.78 is 0. The zero-order valence-corrected chi connectivity index (χ0v) is 17.1. The maximum Gasteiger partial charge on any atom is 0.242 e. The van der Waals surface area contributed by atoms with E-state index in [1.807, 2.05) is 58.2 Å². The number of carbonyl (C=O) groups is 2. The molecule has 1 saturated carbocycles. The van der Waals surface area contributed by atoms with Gasteiger partial charge in [0.1, 0.15) is 6.04 Å². The van der Waals surface area contributed by atoms with Gasteiger partial charge in [-0.3, -0.25) is 14.5 Å². The average molecular weight is 380 g/mol. The molecule has 5 nitrogen and oxygen atoms in total. The van der Waals surface area contributed by atoms with Crippen molar-refractivity contribution in [1.29, 1.82) is 0 Å². The Morgan fingerprint density at radius 3 is 2.25 bits per heavy atom. The summed E-state index contributed by atoms with van der Waals surface area (Å²) in [5.41, 5.74) is 4.99. The highest BCUT2D eigenvalue weighted by atomic mass is 16.2. The van der Waals surface area contributed by atoms with E-state index in [-0.39, 0.29) is 24.4 Å². The number of anilines is 1. The van der Waals surface area contributed by atoms with E-state index in [1.54, 1.807) is 4.90 Å². The molecule has 5 heteroatoms. The molecule has 0 aromatic heterocycles. The first-order valence-electron chi connectivity index (χ1n) is 9.78. The second kappa shape index (κ2) is 8.57. The van der Waals surface area contributed by atoms with Crippen LogP contribution in [0.5, 0.6) is 0 Å². The molecular formula is C23H29N3O2. The van der Waals surface area contributed by atoms with Crippen LogP contribution in [0.4, 0.5) is 5.69 Å². The third-order valence-corrected chi connectivity index (χ3v) is 5.06. The third kappa shape index (κ3) is 4.98. The van der Waals surface area contributed by atoms with Gasteiger partial charge < -0.3 is 10.6 Å². The van der Waals surface area contributed by atoms with Crippen LogP contribution in [0.1, 0.15) is 41.1 Å². The summed E-state index contributed by atoms with van der Waals surface area (Å²) in [4.78, 5) is 27.4. The number of carbonyl (C=O) groups excluding carboxylic acids is 2. The number of hydrogen-bond donors (Lipinski definition) is 2. The fourth-order valence-corrected chi connectivity index (χ4v) is 3.62. The summed E-state index contributed by atoms with van der Waals surface area (Å²) in [6.45, 7) is 6.16. The summed E-state index contributed by atoms with van der Waals surface area (Å²) in [5, 5.41) is 6.09. The molecule has 2 amide bonds. The van der Waals surface area contributed by atoms with Crippen LogP contribution in [0.25, 0.3) is 0 Å². The van der Waals surface area contributed by atoms with Gasteiger partial charge in [0.05, 0.1) is 6.54 Å². The predicted molar refractivity (Wildman–Crippen MR) is 112 cm³/mol. The molecule has 0 bridgehead atoms. The van der Waals surface area contributed by atoms with Crippen molar-refractivity contribution in [2.24, 2.45) is 0 Å². The van der Waals surface area contributed by atoms with Crippen molar-refractivity contribution in [1.82, 2.24) is 10.2 Å². The summed E-state index contributed by atoms with van der Waals surface area (Å²) in [6.07, 6.45) is 2.06. The van der Waals surface area contributed by atoms with Crippen molar-refractivity contribution in [2.75, 3.05) is 18.9 Å². The molecule has 1 aliphatic carbocycles. The number of benzene rings is 2. The normalized spacial score (nSPS) is 14.6. The van der Waals surface area contributed by atoms with Crippen LogP contribution >= 0.6 is 0 Å². The molecule has 3 rings (SSSR count). The van der Waals surface area contributed by atoms with E-state index in [0.717, 1.165) is 35.2 Å². The molecule has 2 aromatic carbocycles. The average Bonchev–Trinajstić information content (AvgIpc) is 3.43. The van der Waals surface area contributed by atoms with E-state index in [1.165, 1.54) is 5.56 Å². The summed E-state index contributed by atoms with van der Waals surface area (Å²) in [7, 11) is 1.82. The molecule has 0 heterocycles. The minimum absolute atomic E-state index is 0.0494. The highest BCUT2D eigenvalue weighted by Gasteiger charge is 2.31. The minimum Gasteiger partial charge on any atom is -0.352 e. The zero-order chi connectivity index (χ0) is 20.3. The van der Waals surface area contributed by atoms with Crippen LogP contribution in [0, 0.1) is 20.8 Å². The van der Waals surface area contributed by atoms with Crippen LogP contribution < -0.4 is 10.6 Å². The van der Waals surface area contributed by atoms with E-state index in [4.69, 9.17) is 0 Å². The van der Waals surface area contributed by atoms with Crippen molar-refractivity contribution < 1.29 is 9.59 Å². The topological polar surface area (TPSA) is 61.4 Å². The van der Waals surface area contributed by atoms with Crippen molar-refractivity contribution in [3.63, 3.8) is 0 Å². The largest absolute Gasteiger partial charge is 0.352 e. The lowest BCUT2D eigenvalue weighted by atomic mass is 10.0. The Bertz CT molecular complexity index is 836. The first-order valence-corrected chi connectivity index (χ1v) is 9.78. The van der Waals surface area contributed by atoms with Crippen molar-refractivity contribution in [3.8, 4) is 0 Å². The highest BCUT2D eigenvalue weighted by Crippen LogP contribution is 2.25. The zero-order valence-electron chi connectivity index (χ0n) is 17.1. The third-order valence-electron chi connectivity index (χ3n) is 5.06. The summed E-state index contributed by atoms with van der Waals surface area (Å²) in [5.74, 6) is -0.176. The van der Waals surface area contributed by atoms with Gasteiger partial charge in [-0.2, -0.15) is 0 Å². The lowest BCUT2D eigenvalue weighted by Crippen LogP contribution is -2.42. The maximum atomic E-state index is 12.8. The Morgan fingerprint density at radius 2 is 1.68 bits per heavy atom. The number of amides is 2. The minimum atomic E-state index is -0.493. The molecule has 2 N–H and O–H groups in total. The molecule has 0 saturated heterocycles. The van der Waals surface area contributed by atoms with Gasteiger partial charge in [0.25, 0.3) is 0 Å². The molecule has 1 fully saturated rings. The van der Waals surface area contributed by atoms with Crippen molar-refractivity contribution >= 4 is 17.5 Å². The molecule has 1 aliphatic rings. The number of hydrogen-bond acceptors (Lipinski definition) is 3. The molecule has 0 radical (unpaired) electrons. The predicted octanol–water partition coefficient (Wildman–Crippen LogP) is 3.50. The quantitative estimate of drug-likeness (QED) is 0.774. The summed E-state index contributed by atoms with van der Waals surface area (Å²) >= 11 is 0. The van der Waals surface area contributed by atoms with Gasteiger partial charge in [-0.15, -0.1) is 0 Å². The summed E-state index contributed by atoms with van der Waals surface area (Å²) in [6, 6.07) is 13.5.